The van der Waals surface area contributed by atoms with Crippen molar-refractivity contribution in [3.63, 3.8) is 0 Å². The number of ether oxygens (including phenoxy) is 2. The van der Waals surface area contributed by atoms with Crippen LogP contribution in [-0.4, -0.2) is 46.0 Å². The van der Waals surface area contributed by atoms with Crippen LogP contribution in [0.25, 0.3) is 0 Å². The SMILES string of the molecule is CCc1cc(C2OC(OC(=O)C(F)(F)F)C(O)C2O)on1. The largest absolute Gasteiger partial charge is 0.491 e. The standard InChI is InChI=1S/C11H12F3NO6/c1-2-4-3-5(21-15-4)8-6(16)7(17)9(19-8)20-10(18)11(12,13)14/h3,6-9,16-17H,2H2,1H3. The number of esters is 1. The van der Waals surface area contributed by atoms with Gasteiger partial charge in [0.1, 0.15) is 12.2 Å². The number of carbonyl (C=O) groups excluding carboxylic acids is 1. The normalized spacial score (nSPS) is 29.6. The van der Waals surface area contributed by atoms with E-state index in [1.807, 2.05) is 0 Å². The molecule has 4 unspecified atom stereocenters. The van der Waals surface area contributed by atoms with Gasteiger partial charge in [-0.15, -0.1) is 0 Å². The van der Waals surface area contributed by atoms with E-state index in [2.05, 4.69) is 9.89 Å². The molecule has 0 aliphatic carbocycles. The molecule has 1 aliphatic rings. The summed E-state index contributed by atoms with van der Waals surface area (Å²) in [4.78, 5) is 10.7. The lowest BCUT2D eigenvalue weighted by Gasteiger charge is -2.15. The first kappa shape index (κ1) is 15.7. The Morgan fingerprint density at radius 3 is 2.62 bits per heavy atom. The van der Waals surface area contributed by atoms with E-state index in [4.69, 9.17) is 9.26 Å². The molecule has 1 aromatic rings. The van der Waals surface area contributed by atoms with E-state index in [-0.39, 0.29) is 5.76 Å². The quantitative estimate of drug-likeness (QED) is 0.782. The third-order valence-corrected chi connectivity index (χ3v) is 2.89. The van der Waals surface area contributed by atoms with Crippen molar-refractivity contribution in [3.8, 4) is 0 Å². The zero-order valence-corrected chi connectivity index (χ0v) is 10.7. The van der Waals surface area contributed by atoms with E-state index >= 15 is 0 Å². The Bertz CT molecular complexity index is 516. The molecule has 2 heterocycles. The Hall–Kier alpha value is -1.65. The molecular formula is C11H12F3NO6. The number of aromatic nitrogens is 1. The van der Waals surface area contributed by atoms with Gasteiger partial charge in [-0.1, -0.05) is 12.1 Å². The van der Waals surface area contributed by atoms with Crippen molar-refractivity contribution in [1.82, 2.24) is 5.16 Å². The van der Waals surface area contributed by atoms with Gasteiger partial charge in [-0.25, -0.2) is 4.79 Å². The topological polar surface area (TPSA) is 102 Å². The van der Waals surface area contributed by atoms with Gasteiger partial charge in [0.05, 0.1) is 5.69 Å². The Kier molecular flexibility index (Phi) is 4.21. The highest BCUT2D eigenvalue weighted by Gasteiger charge is 2.51. The minimum Gasteiger partial charge on any atom is -0.426 e. The van der Waals surface area contributed by atoms with Crippen LogP contribution < -0.4 is 0 Å². The van der Waals surface area contributed by atoms with Crippen molar-refractivity contribution in [2.45, 2.75) is 44.1 Å². The molecular weight excluding hydrogens is 299 g/mol. The maximum Gasteiger partial charge on any atom is 0.491 e. The Balaban J connectivity index is 2.09. The Labute approximate surface area is 116 Å². The summed E-state index contributed by atoms with van der Waals surface area (Å²) in [6.07, 6.45) is -11.4. The summed E-state index contributed by atoms with van der Waals surface area (Å²) < 4.78 is 50.1. The van der Waals surface area contributed by atoms with Gasteiger partial charge in [0.15, 0.2) is 11.9 Å². The third kappa shape index (κ3) is 3.17. The Morgan fingerprint density at radius 2 is 2.10 bits per heavy atom. The maximum absolute atomic E-state index is 12.1. The first-order chi connectivity index (χ1) is 9.74. The van der Waals surface area contributed by atoms with Gasteiger partial charge in [0.25, 0.3) is 0 Å². The molecule has 2 N–H and O–H groups in total. The third-order valence-electron chi connectivity index (χ3n) is 2.89. The molecule has 0 amide bonds. The van der Waals surface area contributed by atoms with Crippen molar-refractivity contribution in [3.05, 3.63) is 17.5 Å². The van der Waals surface area contributed by atoms with Crippen LogP contribution in [0.5, 0.6) is 0 Å². The second-order valence-electron chi connectivity index (χ2n) is 4.38. The molecule has 1 fully saturated rings. The minimum absolute atomic E-state index is 0.0176. The second-order valence-corrected chi connectivity index (χ2v) is 4.38. The minimum atomic E-state index is -5.23. The molecule has 0 aromatic carbocycles. The van der Waals surface area contributed by atoms with Crippen molar-refractivity contribution in [1.29, 1.82) is 0 Å². The van der Waals surface area contributed by atoms with Gasteiger partial charge < -0.3 is 24.2 Å². The lowest BCUT2D eigenvalue weighted by atomic mass is 10.1. The molecule has 0 bridgehead atoms. The molecule has 0 spiro atoms. The fourth-order valence-corrected chi connectivity index (χ4v) is 1.78. The summed E-state index contributed by atoms with van der Waals surface area (Å²) in [6, 6.07) is 1.43. The summed E-state index contributed by atoms with van der Waals surface area (Å²) in [5.74, 6) is -2.50. The van der Waals surface area contributed by atoms with Gasteiger partial charge in [-0.05, 0) is 6.42 Å². The van der Waals surface area contributed by atoms with Gasteiger partial charge in [0.2, 0.25) is 6.29 Å². The highest BCUT2D eigenvalue weighted by Crippen LogP contribution is 2.35. The molecule has 10 heteroatoms. The summed E-state index contributed by atoms with van der Waals surface area (Å²) in [7, 11) is 0. The van der Waals surface area contributed by atoms with E-state index in [1.165, 1.54) is 6.07 Å². The number of rotatable bonds is 3. The number of aryl methyl sites for hydroxylation is 1. The van der Waals surface area contributed by atoms with Gasteiger partial charge in [-0.3, -0.25) is 0 Å². The van der Waals surface area contributed by atoms with Gasteiger partial charge in [0, 0.05) is 6.07 Å². The van der Waals surface area contributed by atoms with E-state index in [1.54, 1.807) is 6.92 Å². The predicted molar refractivity (Wildman–Crippen MR) is 57.7 cm³/mol. The molecule has 4 atom stereocenters. The number of halogens is 3. The predicted octanol–water partition coefficient (Wildman–Crippen LogP) is 0.462. The summed E-state index contributed by atoms with van der Waals surface area (Å²) in [6.45, 7) is 1.79. The summed E-state index contributed by atoms with van der Waals surface area (Å²) >= 11 is 0. The molecule has 1 aromatic heterocycles. The van der Waals surface area contributed by atoms with Crippen molar-refractivity contribution in [2.75, 3.05) is 0 Å². The van der Waals surface area contributed by atoms with E-state index in [9.17, 15) is 28.2 Å². The number of nitrogens with zero attached hydrogens (tertiary/aromatic N) is 1. The number of aliphatic hydroxyl groups excluding tert-OH is 2. The highest BCUT2D eigenvalue weighted by molar-refractivity contribution is 5.75. The van der Waals surface area contributed by atoms with Crippen molar-refractivity contribution in [2.24, 2.45) is 0 Å². The molecule has 2 rings (SSSR count). The summed E-state index contributed by atoms with van der Waals surface area (Å²) in [5, 5.41) is 23.0. The zero-order valence-electron chi connectivity index (χ0n) is 10.7. The average molecular weight is 311 g/mol. The number of aliphatic hydroxyl groups is 2. The monoisotopic (exact) mass is 311 g/mol. The first-order valence-corrected chi connectivity index (χ1v) is 5.99. The lowest BCUT2D eigenvalue weighted by molar-refractivity contribution is -0.232. The van der Waals surface area contributed by atoms with Crippen LogP contribution in [0.3, 0.4) is 0 Å². The van der Waals surface area contributed by atoms with Crippen LogP contribution in [0.1, 0.15) is 24.5 Å². The smallest absolute Gasteiger partial charge is 0.426 e. The number of hydrogen-bond donors (Lipinski definition) is 2. The number of alkyl halides is 3. The fourth-order valence-electron chi connectivity index (χ4n) is 1.78. The highest BCUT2D eigenvalue weighted by atomic mass is 19.4. The van der Waals surface area contributed by atoms with E-state index in [0.29, 0.717) is 12.1 Å². The van der Waals surface area contributed by atoms with Gasteiger partial charge >= 0.3 is 12.1 Å². The molecule has 0 radical (unpaired) electrons. The molecule has 7 nitrogen and oxygen atoms in total. The van der Waals surface area contributed by atoms with Gasteiger partial charge in [-0.2, -0.15) is 13.2 Å². The van der Waals surface area contributed by atoms with Crippen LogP contribution in [0, 0.1) is 0 Å². The number of hydrogen-bond acceptors (Lipinski definition) is 7. The zero-order chi connectivity index (χ0) is 15.8. The Morgan fingerprint density at radius 1 is 1.43 bits per heavy atom. The second kappa shape index (κ2) is 5.62. The maximum atomic E-state index is 12.1. The number of carbonyl (C=O) groups is 1. The molecule has 0 saturated carbocycles. The van der Waals surface area contributed by atoms with Crippen molar-refractivity contribution < 1.29 is 42.2 Å². The molecule has 21 heavy (non-hydrogen) atoms. The fraction of sp³-hybridized carbons (Fsp3) is 0.636. The van der Waals surface area contributed by atoms with Crippen LogP contribution in [-0.2, 0) is 20.7 Å². The van der Waals surface area contributed by atoms with Crippen LogP contribution >= 0.6 is 0 Å². The first-order valence-electron chi connectivity index (χ1n) is 5.99. The van der Waals surface area contributed by atoms with Crippen molar-refractivity contribution >= 4 is 5.97 Å². The van der Waals surface area contributed by atoms with Crippen LogP contribution in [0.15, 0.2) is 10.6 Å². The van der Waals surface area contributed by atoms with E-state index < -0.39 is 36.7 Å². The van der Waals surface area contributed by atoms with E-state index in [0.717, 1.165) is 0 Å². The molecule has 1 aliphatic heterocycles. The van der Waals surface area contributed by atoms with Crippen LogP contribution in [0.2, 0.25) is 0 Å². The summed E-state index contributed by atoms with van der Waals surface area (Å²) in [5.41, 5.74) is 0.533. The van der Waals surface area contributed by atoms with Crippen LogP contribution in [0.4, 0.5) is 13.2 Å². The molecule has 1 saturated heterocycles. The molecule has 118 valence electrons. The average Bonchev–Trinajstić information content (AvgIpc) is 2.97. The lowest BCUT2D eigenvalue weighted by Crippen LogP contribution is -2.37.